The molecule has 1 N–H and O–H groups in total. The van der Waals surface area contributed by atoms with Crippen LogP contribution in [0.3, 0.4) is 0 Å². The largest absolute Gasteiger partial charge is 0.339 e. The van der Waals surface area contributed by atoms with Crippen molar-refractivity contribution in [3.05, 3.63) is 11.7 Å². The summed E-state index contributed by atoms with van der Waals surface area (Å²) in [6, 6.07) is 0.238. The van der Waals surface area contributed by atoms with Crippen LogP contribution < -0.4 is 5.32 Å². The van der Waals surface area contributed by atoms with Crippen molar-refractivity contribution in [1.82, 2.24) is 15.5 Å². The average Bonchev–Trinajstić information content (AvgIpc) is 2.65. The van der Waals surface area contributed by atoms with E-state index in [2.05, 4.69) is 22.4 Å². The SMILES string of the molecule is CCC(NC)C(C)c1nc(CS(C)(=O)=O)no1. The fourth-order valence-electron chi connectivity index (χ4n) is 1.73. The van der Waals surface area contributed by atoms with Gasteiger partial charge >= 0.3 is 0 Å². The summed E-state index contributed by atoms with van der Waals surface area (Å²) in [6.45, 7) is 4.04. The van der Waals surface area contributed by atoms with Crippen molar-refractivity contribution in [2.75, 3.05) is 13.3 Å². The van der Waals surface area contributed by atoms with Crippen LogP contribution in [0.5, 0.6) is 0 Å². The monoisotopic (exact) mass is 261 g/mol. The Bertz CT molecular complexity index is 451. The average molecular weight is 261 g/mol. The Kier molecular flexibility index (Phi) is 4.64. The Hall–Kier alpha value is -0.950. The molecular weight excluding hydrogens is 242 g/mol. The van der Waals surface area contributed by atoms with Crippen LogP contribution in [0.1, 0.15) is 37.9 Å². The molecule has 0 radical (unpaired) electrons. The van der Waals surface area contributed by atoms with E-state index >= 15 is 0 Å². The second-order valence-electron chi connectivity index (χ2n) is 4.21. The van der Waals surface area contributed by atoms with Gasteiger partial charge in [-0.25, -0.2) is 8.42 Å². The quantitative estimate of drug-likeness (QED) is 0.812. The van der Waals surface area contributed by atoms with E-state index < -0.39 is 9.84 Å². The summed E-state index contributed by atoms with van der Waals surface area (Å²) >= 11 is 0. The van der Waals surface area contributed by atoms with Gasteiger partial charge in [0.05, 0.1) is 5.92 Å². The number of nitrogens with zero attached hydrogens (tertiary/aromatic N) is 2. The summed E-state index contributed by atoms with van der Waals surface area (Å²) in [7, 11) is -1.25. The molecule has 6 nitrogen and oxygen atoms in total. The maximum Gasteiger partial charge on any atom is 0.231 e. The molecule has 0 aliphatic rings. The van der Waals surface area contributed by atoms with E-state index in [0.717, 1.165) is 12.7 Å². The molecular formula is C10H19N3O3S. The third-order valence-corrected chi connectivity index (χ3v) is 3.46. The minimum absolute atomic E-state index is 0.0609. The minimum Gasteiger partial charge on any atom is -0.339 e. The third kappa shape index (κ3) is 4.08. The van der Waals surface area contributed by atoms with E-state index in [1.165, 1.54) is 0 Å². The van der Waals surface area contributed by atoms with Gasteiger partial charge in [-0.05, 0) is 13.5 Å². The molecule has 17 heavy (non-hydrogen) atoms. The van der Waals surface area contributed by atoms with Crippen molar-refractivity contribution in [2.24, 2.45) is 0 Å². The third-order valence-electron chi connectivity index (χ3n) is 2.68. The topological polar surface area (TPSA) is 85.1 Å². The van der Waals surface area contributed by atoms with Crippen LogP contribution in [0, 0.1) is 0 Å². The molecule has 7 heteroatoms. The lowest BCUT2D eigenvalue weighted by Crippen LogP contribution is -2.30. The Morgan fingerprint density at radius 3 is 2.59 bits per heavy atom. The molecule has 1 heterocycles. The maximum absolute atomic E-state index is 11.1. The number of nitrogens with one attached hydrogen (secondary N) is 1. The Balaban J connectivity index is 2.80. The second-order valence-corrected chi connectivity index (χ2v) is 6.35. The number of aromatic nitrogens is 2. The minimum atomic E-state index is -3.12. The molecule has 2 atom stereocenters. The lowest BCUT2D eigenvalue weighted by molar-refractivity contribution is 0.324. The van der Waals surface area contributed by atoms with Gasteiger partial charge in [-0.15, -0.1) is 0 Å². The van der Waals surface area contributed by atoms with Crippen molar-refractivity contribution >= 4 is 9.84 Å². The van der Waals surface area contributed by atoms with Gasteiger partial charge in [0, 0.05) is 12.3 Å². The summed E-state index contributed by atoms with van der Waals surface area (Å²) in [4.78, 5) is 4.12. The van der Waals surface area contributed by atoms with E-state index in [-0.39, 0.29) is 23.5 Å². The van der Waals surface area contributed by atoms with Crippen LogP contribution in [0.25, 0.3) is 0 Å². The fourth-order valence-corrected chi connectivity index (χ4v) is 2.31. The highest BCUT2D eigenvalue weighted by Gasteiger charge is 2.22. The Morgan fingerprint density at radius 2 is 2.12 bits per heavy atom. The number of likely N-dealkylation sites (N-methyl/N-ethyl adjacent to an activating group) is 1. The highest BCUT2D eigenvalue weighted by Crippen LogP contribution is 2.19. The van der Waals surface area contributed by atoms with E-state index in [0.29, 0.717) is 5.89 Å². The summed E-state index contributed by atoms with van der Waals surface area (Å²) in [5, 5.41) is 6.84. The van der Waals surface area contributed by atoms with Crippen LogP contribution in [0.15, 0.2) is 4.52 Å². The molecule has 1 aromatic heterocycles. The Morgan fingerprint density at radius 1 is 1.47 bits per heavy atom. The Labute approximate surface area is 102 Å². The van der Waals surface area contributed by atoms with Gasteiger partial charge in [0.25, 0.3) is 0 Å². The van der Waals surface area contributed by atoms with Crippen LogP contribution >= 0.6 is 0 Å². The van der Waals surface area contributed by atoms with Gasteiger partial charge in [0.1, 0.15) is 5.75 Å². The highest BCUT2D eigenvalue weighted by atomic mass is 32.2. The predicted molar refractivity (Wildman–Crippen MR) is 64.4 cm³/mol. The van der Waals surface area contributed by atoms with Crippen molar-refractivity contribution < 1.29 is 12.9 Å². The van der Waals surface area contributed by atoms with Crippen molar-refractivity contribution in [3.8, 4) is 0 Å². The van der Waals surface area contributed by atoms with E-state index in [1.807, 2.05) is 14.0 Å². The zero-order chi connectivity index (χ0) is 13.1. The molecule has 1 aromatic rings. The molecule has 0 fully saturated rings. The predicted octanol–water partition coefficient (Wildman–Crippen LogP) is 0.716. The zero-order valence-electron chi connectivity index (χ0n) is 10.6. The van der Waals surface area contributed by atoms with E-state index in [9.17, 15) is 8.42 Å². The highest BCUT2D eigenvalue weighted by molar-refractivity contribution is 7.89. The first kappa shape index (κ1) is 14.1. The van der Waals surface area contributed by atoms with Crippen molar-refractivity contribution in [2.45, 2.75) is 38.0 Å². The lowest BCUT2D eigenvalue weighted by atomic mass is 10.00. The number of rotatable bonds is 6. The molecule has 1 rings (SSSR count). The van der Waals surface area contributed by atoms with Crippen LogP contribution in [-0.4, -0.2) is 37.9 Å². The molecule has 0 saturated carbocycles. The molecule has 0 aromatic carbocycles. The zero-order valence-corrected chi connectivity index (χ0v) is 11.4. The lowest BCUT2D eigenvalue weighted by Gasteiger charge is -2.18. The van der Waals surface area contributed by atoms with Gasteiger partial charge in [0.15, 0.2) is 15.7 Å². The summed E-state index contributed by atoms with van der Waals surface area (Å²) in [6.07, 6.45) is 2.08. The van der Waals surface area contributed by atoms with E-state index in [4.69, 9.17) is 4.52 Å². The van der Waals surface area contributed by atoms with Gasteiger partial charge in [-0.3, -0.25) is 0 Å². The van der Waals surface area contributed by atoms with Crippen LogP contribution in [0.4, 0.5) is 0 Å². The smallest absolute Gasteiger partial charge is 0.231 e. The standard InChI is InChI=1S/C10H19N3O3S/c1-5-8(11-3)7(2)10-12-9(13-16-10)6-17(4,14)15/h7-8,11H,5-6H2,1-4H3. The molecule has 0 aliphatic heterocycles. The van der Waals surface area contributed by atoms with Crippen molar-refractivity contribution in [3.63, 3.8) is 0 Å². The first-order valence-electron chi connectivity index (χ1n) is 5.54. The number of hydrogen-bond acceptors (Lipinski definition) is 6. The molecule has 0 spiro atoms. The van der Waals surface area contributed by atoms with Crippen LogP contribution in [0.2, 0.25) is 0 Å². The second kappa shape index (κ2) is 5.59. The van der Waals surface area contributed by atoms with Crippen molar-refractivity contribution in [1.29, 1.82) is 0 Å². The summed E-state index contributed by atoms with van der Waals surface area (Å²) < 4.78 is 27.3. The van der Waals surface area contributed by atoms with E-state index in [1.54, 1.807) is 0 Å². The number of sulfone groups is 1. The summed E-state index contributed by atoms with van der Waals surface area (Å²) in [5.41, 5.74) is 0. The van der Waals surface area contributed by atoms with Gasteiger partial charge in [-0.2, -0.15) is 4.98 Å². The molecule has 0 bridgehead atoms. The number of hydrogen-bond donors (Lipinski definition) is 1. The molecule has 2 unspecified atom stereocenters. The molecule has 0 saturated heterocycles. The molecule has 0 aliphatic carbocycles. The molecule has 0 amide bonds. The summed E-state index contributed by atoms with van der Waals surface area (Å²) in [5.74, 6) is 0.579. The van der Waals surface area contributed by atoms with Gasteiger partial charge in [-0.1, -0.05) is 19.0 Å². The molecule has 98 valence electrons. The van der Waals surface area contributed by atoms with Gasteiger partial charge < -0.3 is 9.84 Å². The maximum atomic E-state index is 11.1. The van der Waals surface area contributed by atoms with Gasteiger partial charge in [0.2, 0.25) is 5.89 Å². The normalized spacial score (nSPS) is 15.8. The first-order chi connectivity index (χ1) is 7.87. The van der Waals surface area contributed by atoms with Crippen LogP contribution in [-0.2, 0) is 15.6 Å². The first-order valence-corrected chi connectivity index (χ1v) is 7.61. The fraction of sp³-hybridized carbons (Fsp3) is 0.800.